The van der Waals surface area contributed by atoms with E-state index in [1.54, 1.807) is 18.3 Å². The first-order chi connectivity index (χ1) is 9.24. The van der Waals surface area contributed by atoms with Crippen molar-refractivity contribution in [1.82, 2.24) is 14.7 Å². The predicted octanol–water partition coefficient (Wildman–Crippen LogP) is 3.55. The Kier molecular flexibility index (Phi) is 4.16. The second-order valence-corrected chi connectivity index (χ2v) is 6.87. The third kappa shape index (κ3) is 2.99. The Bertz CT molecular complexity index is 573. The molecule has 0 amide bonds. The molecule has 1 aromatic heterocycles. The monoisotopic (exact) mass is 402 g/mol. The fraction of sp³-hybridized carbons (Fsp3) is 0.250. The van der Waals surface area contributed by atoms with Gasteiger partial charge in [-0.3, -0.25) is 4.72 Å². The minimum absolute atomic E-state index is 0.837. The standard InChI is InChI=1S/C12H12Br2N4S/c13-9-3-11-12(4-10(9)14)19-17-1-2-18(11)6-8-5-15-7-16-8/h3-5,7,17H,1-2,6H2,(H,15,16). The van der Waals surface area contributed by atoms with Crippen molar-refractivity contribution in [1.29, 1.82) is 0 Å². The third-order valence-electron chi connectivity index (χ3n) is 2.92. The Morgan fingerprint density at radius 1 is 1.32 bits per heavy atom. The summed E-state index contributed by atoms with van der Waals surface area (Å²) in [6, 6.07) is 4.30. The molecule has 4 nitrogen and oxygen atoms in total. The van der Waals surface area contributed by atoms with E-state index >= 15 is 0 Å². The van der Waals surface area contributed by atoms with Gasteiger partial charge in [-0.05, 0) is 55.9 Å². The Morgan fingerprint density at radius 3 is 2.95 bits per heavy atom. The Labute approximate surface area is 132 Å². The van der Waals surface area contributed by atoms with Gasteiger partial charge in [0.15, 0.2) is 0 Å². The summed E-state index contributed by atoms with van der Waals surface area (Å²) in [5.41, 5.74) is 2.36. The maximum absolute atomic E-state index is 4.08. The number of H-pyrrole nitrogens is 1. The number of hydrogen-bond donors (Lipinski definition) is 2. The Balaban J connectivity index is 1.96. The van der Waals surface area contributed by atoms with Crippen LogP contribution < -0.4 is 9.62 Å². The lowest BCUT2D eigenvalue weighted by atomic mass is 10.2. The number of nitrogens with one attached hydrogen (secondary N) is 2. The van der Waals surface area contributed by atoms with Crippen LogP contribution in [0.1, 0.15) is 5.69 Å². The molecule has 100 valence electrons. The average molecular weight is 404 g/mol. The first-order valence-corrected chi connectivity index (χ1v) is 8.25. The first kappa shape index (κ1) is 13.5. The van der Waals surface area contributed by atoms with Gasteiger partial charge in [0.1, 0.15) is 0 Å². The van der Waals surface area contributed by atoms with E-state index in [9.17, 15) is 0 Å². The number of aromatic amines is 1. The summed E-state index contributed by atoms with van der Waals surface area (Å²) in [6.45, 7) is 2.75. The van der Waals surface area contributed by atoms with Crippen molar-refractivity contribution in [3.8, 4) is 0 Å². The normalized spacial score (nSPS) is 15.2. The fourth-order valence-corrected chi connectivity index (χ4v) is 3.66. The van der Waals surface area contributed by atoms with Crippen molar-refractivity contribution in [2.45, 2.75) is 11.4 Å². The van der Waals surface area contributed by atoms with Crippen LogP contribution >= 0.6 is 43.8 Å². The van der Waals surface area contributed by atoms with Gasteiger partial charge in [0.2, 0.25) is 0 Å². The lowest BCUT2D eigenvalue weighted by Crippen LogP contribution is -2.27. The quantitative estimate of drug-likeness (QED) is 0.752. The molecular weight excluding hydrogens is 392 g/mol. The lowest BCUT2D eigenvalue weighted by molar-refractivity contribution is 0.763. The van der Waals surface area contributed by atoms with Crippen LogP contribution in [-0.4, -0.2) is 23.1 Å². The van der Waals surface area contributed by atoms with E-state index in [2.05, 4.69) is 63.6 Å². The third-order valence-corrected chi connectivity index (χ3v) is 5.66. The molecule has 1 aliphatic rings. The smallest absolute Gasteiger partial charge is 0.0922 e. The highest BCUT2D eigenvalue weighted by molar-refractivity contribution is 9.13. The largest absolute Gasteiger partial charge is 0.363 e. The molecule has 0 radical (unpaired) electrons. The summed E-state index contributed by atoms with van der Waals surface area (Å²) < 4.78 is 5.52. The summed E-state index contributed by atoms with van der Waals surface area (Å²) in [4.78, 5) is 10.8. The second-order valence-electron chi connectivity index (χ2n) is 4.23. The van der Waals surface area contributed by atoms with Crippen molar-refractivity contribution in [3.63, 3.8) is 0 Å². The molecule has 0 saturated carbocycles. The van der Waals surface area contributed by atoms with Gasteiger partial charge in [0.25, 0.3) is 0 Å². The fourth-order valence-electron chi connectivity index (χ4n) is 2.02. The highest BCUT2D eigenvalue weighted by atomic mass is 79.9. The number of fused-ring (bicyclic) bond motifs is 1. The topological polar surface area (TPSA) is 44.0 Å². The number of anilines is 1. The van der Waals surface area contributed by atoms with Gasteiger partial charge >= 0.3 is 0 Å². The molecule has 0 fully saturated rings. The molecule has 2 aromatic rings. The van der Waals surface area contributed by atoms with Crippen LogP contribution in [0.4, 0.5) is 5.69 Å². The van der Waals surface area contributed by atoms with E-state index in [0.29, 0.717) is 0 Å². The van der Waals surface area contributed by atoms with Crippen molar-refractivity contribution in [2.24, 2.45) is 0 Å². The average Bonchev–Trinajstić information content (AvgIpc) is 2.82. The van der Waals surface area contributed by atoms with E-state index in [1.807, 2.05) is 6.20 Å². The zero-order valence-corrected chi connectivity index (χ0v) is 14.0. The van der Waals surface area contributed by atoms with E-state index < -0.39 is 0 Å². The van der Waals surface area contributed by atoms with E-state index in [-0.39, 0.29) is 0 Å². The van der Waals surface area contributed by atoms with Crippen LogP contribution in [0.25, 0.3) is 0 Å². The van der Waals surface area contributed by atoms with Crippen LogP contribution in [0, 0.1) is 0 Å². The van der Waals surface area contributed by atoms with Gasteiger partial charge in [0, 0.05) is 33.1 Å². The van der Waals surface area contributed by atoms with Crippen LogP contribution in [0.5, 0.6) is 0 Å². The van der Waals surface area contributed by atoms with Crippen LogP contribution in [0.2, 0.25) is 0 Å². The van der Waals surface area contributed by atoms with Gasteiger partial charge in [-0.25, -0.2) is 4.98 Å². The van der Waals surface area contributed by atoms with Gasteiger partial charge in [-0.1, -0.05) is 0 Å². The summed E-state index contributed by atoms with van der Waals surface area (Å²) >= 11 is 8.82. The van der Waals surface area contributed by atoms with E-state index in [0.717, 1.165) is 34.3 Å². The van der Waals surface area contributed by atoms with Gasteiger partial charge in [-0.15, -0.1) is 0 Å². The molecule has 7 heteroatoms. The number of rotatable bonds is 2. The molecule has 0 saturated heterocycles. The van der Waals surface area contributed by atoms with E-state index in [1.165, 1.54) is 10.6 Å². The SMILES string of the molecule is Brc1cc2c(cc1Br)N(Cc1cnc[nH]1)CCNS2. The van der Waals surface area contributed by atoms with Crippen molar-refractivity contribution in [2.75, 3.05) is 18.0 Å². The first-order valence-electron chi connectivity index (χ1n) is 5.85. The van der Waals surface area contributed by atoms with Gasteiger partial charge < -0.3 is 9.88 Å². The van der Waals surface area contributed by atoms with Gasteiger partial charge in [-0.2, -0.15) is 0 Å². The molecular formula is C12H12Br2N4S. The lowest BCUT2D eigenvalue weighted by Gasteiger charge is -2.24. The van der Waals surface area contributed by atoms with Crippen LogP contribution in [-0.2, 0) is 6.54 Å². The molecule has 3 rings (SSSR count). The molecule has 0 spiro atoms. The Morgan fingerprint density at radius 2 is 2.16 bits per heavy atom. The summed E-state index contributed by atoms with van der Waals surface area (Å²) in [5, 5.41) is 0. The maximum Gasteiger partial charge on any atom is 0.0922 e. The van der Waals surface area contributed by atoms with Crippen molar-refractivity contribution < 1.29 is 0 Å². The minimum Gasteiger partial charge on any atom is -0.363 e. The molecule has 1 aliphatic heterocycles. The molecule has 0 aliphatic carbocycles. The molecule has 1 aromatic carbocycles. The molecule has 0 unspecified atom stereocenters. The summed E-state index contributed by atoms with van der Waals surface area (Å²) in [7, 11) is 0. The number of halogens is 2. The highest BCUT2D eigenvalue weighted by Gasteiger charge is 2.18. The van der Waals surface area contributed by atoms with Crippen LogP contribution in [0.3, 0.4) is 0 Å². The molecule has 2 N–H and O–H groups in total. The molecule has 0 bridgehead atoms. The van der Waals surface area contributed by atoms with Gasteiger partial charge in [0.05, 0.1) is 24.3 Å². The minimum atomic E-state index is 0.837. The van der Waals surface area contributed by atoms with Crippen molar-refractivity contribution >= 4 is 49.5 Å². The number of nitrogens with zero attached hydrogens (tertiary/aromatic N) is 2. The molecule has 2 heterocycles. The summed E-state index contributed by atoms with van der Waals surface area (Å²) in [6.07, 6.45) is 3.59. The Hall–Kier alpha value is -0.500. The predicted molar refractivity (Wildman–Crippen MR) is 85.3 cm³/mol. The zero-order chi connectivity index (χ0) is 13.2. The van der Waals surface area contributed by atoms with Crippen LogP contribution in [0.15, 0.2) is 38.5 Å². The molecule has 0 atom stereocenters. The number of imidazole rings is 1. The second kappa shape index (κ2) is 5.87. The number of aromatic nitrogens is 2. The van der Waals surface area contributed by atoms with E-state index in [4.69, 9.17) is 0 Å². The molecule has 19 heavy (non-hydrogen) atoms. The summed E-state index contributed by atoms with van der Waals surface area (Å²) in [5.74, 6) is 0. The zero-order valence-electron chi connectivity index (χ0n) is 9.99. The number of benzene rings is 1. The maximum atomic E-state index is 4.08. The van der Waals surface area contributed by atoms with Crippen molar-refractivity contribution in [3.05, 3.63) is 39.3 Å². The highest BCUT2D eigenvalue weighted by Crippen LogP contribution is 2.38. The number of hydrogen-bond acceptors (Lipinski definition) is 4.